The Labute approximate surface area is 118 Å². The smallest absolute Gasteiger partial charge is 0.326 e. The zero-order valence-corrected chi connectivity index (χ0v) is 12.2. The largest absolute Gasteiger partial charge is 0.480 e. The minimum absolute atomic E-state index is 0.146. The summed E-state index contributed by atoms with van der Waals surface area (Å²) in [7, 11) is 0. The van der Waals surface area contributed by atoms with E-state index < -0.39 is 17.9 Å². The Morgan fingerprint density at radius 1 is 1.25 bits per heavy atom. The van der Waals surface area contributed by atoms with Gasteiger partial charge in [-0.1, -0.05) is 13.8 Å². The van der Waals surface area contributed by atoms with Gasteiger partial charge in [0.25, 0.3) is 5.91 Å². The summed E-state index contributed by atoms with van der Waals surface area (Å²) in [5.74, 6) is -1.77. The van der Waals surface area contributed by atoms with E-state index in [2.05, 4.69) is 5.32 Å². The van der Waals surface area contributed by atoms with E-state index in [1.165, 1.54) is 12.1 Å². The topological polar surface area (TPSA) is 66.4 Å². The molecule has 0 saturated carbocycles. The van der Waals surface area contributed by atoms with Crippen LogP contribution in [0.25, 0.3) is 0 Å². The summed E-state index contributed by atoms with van der Waals surface area (Å²) in [6, 6.07) is 1.91. The number of amides is 1. The number of benzene rings is 1. The third kappa shape index (κ3) is 4.05. The Morgan fingerprint density at radius 2 is 1.75 bits per heavy atom. The van der Waals surface area contributed by atoms with Gasteiger partial charge in [0.05, 0.1) is 0 Å². The second kappa shape index (κ2) is 6.50. The van der Waals surface area contributed by atoms with E-state index in [-0.39, 0.29) is 17.3 Å². The molecule has 0 fully saturated rings. The van der Waals surface area contributed by atoms with Gasteiger partial charge in [-0.05, 0) is 49.4 Å². The molecule has 1 aromatic rings. The third-order valence-corrected chi connectivity index (χ3v) is 3.01. The van der Waals surface area contributed by atoms with Crippen molar-refractivity contribution in [2.45, 2.75) is 40.2 Å². The average Bonchev–Trinajstić information content (AvgIpc) is 2.33. The molecule has 1 rings (SSSR count). The molecule has 4 nitrogen and oxygen atoms in total. The molecule has 0 saturated heterocycles. The highest BCUT2D eigenvalue weighted by molar-refractivity contribution is 5.96. The van der Waals surface area contributed by atoms with Crippen molar-refractivity contribution >= 4 is 11.9 Å². The molecule has 1 aromatic carbocycles. The normalized spacial score (nSPS) is 12.3. The number of carboxylic acid groups (broad SMARTS) is 1. The van der Waals surface area contributed by atoms with Crippen molar-refractivity contribution in [1.82, 2.24) is 5.32 Å². The van der Waals surface area contributed by atoms with Crippen LogP contribution in [0.15, 0.2) is 12.1 Å². The summed E-state index contributed by atoms with van der Waals surface area (Å²) in [5.41, 5.74) is 1.01. The number of hydrogen-bond acceptors (Lipinski definition) is 2. The first kappa shape index (κ1) is 16.1. The summed E-state index contributed by atoms with van der Waals surface area (Å²) in [6.45, 7) is 6.91. The molecule has 1 unspecified atom stereocenters. The molecule has 0 aliphatic carbocycles. The molecule has 110 valence electrons. The van der Waals surface area contributed by atoms with Gasteiger partial charge in [-0.25, -0.2) is 9.18 Å². The van der Waals surface area contributed by atoms with Gasteiger partial charge in [0.1, 0.15) is 11.9 Å². The van der Waals surface area contributed by atoms with E-state index in [1.54, 1.807) is 13.8 Å². The molecular formula is C15H20FNO3. The highest BCUT2D eigenvalue weighted by Crippen LogP contribution is 2.15. The second-order valence-electron chi connectivity index (χ2n) is 5.42. The number of halogens is 1. The highest BCUT2D eigenvalue weighted by atomic mass is 19.1. The van der Waals surface area contributed by atoms with Gasteiger partial charge in [-0.3, -0.25) is 4.79 Å². The molecule has 2 N–H and O–H groups in total. The van der Waals surface area contributed by atoms with Crippen LogP contribution in [0, 0.1) is 25.6 Å². The number of carbonyl (C=O) groups is 2. The highest BCUT2D eigenvalue weighted by Gasteiger charge is 2.22. The van der Waals surface area contributed by atoms with Gasteiger partial charge in [0, 0.05) is 5.56 Å². The number of aliphatic carboxylic acids is 1. The number of carboxylic acids is 1. The molecule has 0 bridgehead atoms. The van der Waals surface area contributed by atoms with Gasteiger partial charge >= 0.3 is 5.97 Å². The number of hydrogen-bond donors (Lipinski definition) is 2. The molecule has 0 aliphatic rings. The molecule has 1 atom stereocenters. The van der Waals surface area contributed by atoms with Crippen molar-refractivity contribution in [2.24, 2.45) is 5.92 Å². The Morgan fingerprint density at radius 3 is 2.15 bits per heavy atom. The maximum absolute atomic E-state index is 13.5. The van der Waals surface area contributed by atoms with E-state index in [1.807, 2.05) is 13.8 Å². The quantitative estimate of drug-likeness (QED) is 0.872. The molecule has 20 heavy (non-hydrogen) atoms. The number of aryl methyl sites for hydroxylation is 2. The first-order chi connectivity index (χ1) is 9.22. The lowest BCUT2D eigenvalue weighted by Gasteiger charge is -2.17. The van der Waals surface area contributed by atoms with Crippen LogP contribution < -0.4 is 5.32 Å². The summed E-state index contributed by atoms with van der Waals surface area (Å²) in [6.07, 6.45) is 0.347. The lowest BCUT2D eigenvalue weighted by atomic mass is 10.0. The summed E-state index contributed by atoms with van der Waals surface area (Å²) in [4.78, 5) is 23.2. The zero-order chi connectivity index (χ0) is 15.4. The first-order valence-corrected chi connectivity index (χ1v) is 6.52. The standard InChI is InChI=1S/C15H20FNO3/c1-8(2)5-12(15(19)20)17-14(18)11-6-9(3)13(16)10(4)7-11/h6-8,12H,5H2,1-4H3,(H,17,18)(H,19,20). The van der Waals surface area contributed by atoms with E-state index in [0.717, 1.165) is 0 Å². The average molecular weight is 281 g/mol. The van der Waals surface area contributed by atoms with Crippen molar-refractivity contribution in [3.8, 4) is 0 Å². The monoisotopic (exact) mass is 281 g/mol. The fourth-order valence-corrected chi connectivity index (χ4v) is 2.01. The molecule has 0 aliphatic heterocycles. The van der Waals surface area contributed by atoms with Crippen LogP contribution in [0.5, 0.6) is 0 Å². The number of carbonyl (C=O) groups excluding carboxylic acids is 1. The Kier molecular flexibility index (Phi) is 5.25. The Balaban J connectivity index is 2.92. The maximum atomic E-state index is 13.5. The van der Waals surface area contributed by atoms with Crippen LogP contribution in [-0.2, 0) is 4.79 Å². The predicted octanol–water partition coefficient (Wildman–Crippen LogP) is 2.67. The predicted molar refractivity (Wildman–Crippen MR) is 74.2 cm³/mol. The van der Waals surface area contributed by atoms with Crippen LogP contribution in [-0.4, -0.2) is 23.0 Å². The van der Waals surface area contributed by atoms with Crippen molar-refractivity contribution in [3.05, 3.63) is 34.6 Å². The van der Waals surface area contributed by atoms with Crippen molar-refractivity contribution in [1.29, 1.82) is 0 Å². The third-order valence-electron chi connectivity index (χ3n) is 3.01. The Hall–Kier alpha value is -1.91. The second-order valence-corrected chi connectivity index (χ2v) is 5.42. The molecule has 5 heteroatoms. The fourth-order valence-electron chi connectivity index (χ4n) is 2.01. The number of rotatable bonds is 5. The van der Waals surface area contributed by atoms with Gasteiger partial charge < -0.3 is 10.4 Å². The van der Waals surface area contributed by atoms with Crippen LogP contribution in [0.1, 0.15) is 41.8 Å². The number of nitrogens with one attached hydrogen (secondary N) is 1. The molecule has 0 spiro atoms. The minimum Gasteiger partial charge on any atom is -0.480 e. The molecule has 0 heterocycles. The SMILES string of the molecule is Cc1cc(C(=O)NC(CC(C)C)C(=O)O)cc(C)c1F. The van der Waals surface area contributed by atoms with Gasteiger partial charge in [0.2, 0.25) is 0 Å². The van der Waals surface area contributed by atoms with E-state index in [9.17, 15) is 14.0 Å². The van der Waals surface area contributed by atoms with Crippen LogP contribution in [0.4, 0.5) is 4.39 Å². The molecular weight excluding hydrogens is 261 g/mol. The summed E-state index contributed by atoms with van der Waals surface area (Å²) in [5, 5.41) is 11.6. The van der Waals surface area contributed by atoms with Crippen molar-refractivity contribution in [3.63, 3.8) is 0 Å². The first-order valence-electron chi connectivity index (χ1n) is 6.52. The van der Waals surface area contributed by atoms with E-state index >= 15 is 0 Å². The lowest BCUT2D eigenvalue weighted by molar-refractivity contribution is -0.139. The van der Waals surface area contributed by atoms with Gasteiger partial charge in [-0.15, -0.1) is 0 Å². The molecule has 1 amide bonds. The van der Waals surface area contributed by atoms with Crippen molar-refractivity contribution in [2.75, 3.05) is 0 Å². The van der Waals surface area contributed by atoms with Crippen LogP contribution in [0.2, 0.25) is 0 Å². The Bertz CT molecular complexity index is 503. The molecule has 0 radical (unpaired) electrons. The van der Waals surface area contributed by atoms with E-state index in [0.29, 0.717) is 17.5 Å². The van der Waals surface area contributed by atoms with Crippen molar-refractivity contribution < 1.29 is 19.1 Å². The maximum Gasteiger partial charge on any atom is 0.326 e. The fraction of sp³-hybridized carbons (Fsp3) is 0.467. The minimum atomic E-state index is -1.07. The summed E-state index contributed by atoms with van der Waals surface area (Å²) >= 11 is 0. The molecule has 0 aromatic heterocycles. The van der Waals surface area contributed by atoms with Crippen LogP contribution >= 0.6 is 0 Å². The van der Waals surface area contributed by atoms with Crippen LogP contribution in [0.3, 0.4) is 0 Å². The van der Waals surface area contributed by atoms with Gasteiger partial charge in [-0.2, -0.15) is 0 Å². The lowest BCUT2D eigenvalue weighted by Crippen LogP contribution is -2.41. The summed E-state index contributed by atoms with van der Waals surface area (Å²) < 4.78 is 13.5. The van der Waals surface area contributed by atoms with E-state index in [4.69, 9.17) is 5.11 Å². The zero-order valence-electron chi connectivity index (χ0n) is 12.2. The van der Waals surface area contributed by atoms with Gasteiger partial charge in [0.15, 0.2) is 0 Å².